The summed E-state index contributed by atoms with van der Waals surface area (Å²) in [6.07, 6.45) is 10.4. The zero-order valence-corrected chi connectivity index (χ0v) is 27.7. The standard InChI is InChI=1S/C39H48N4O3/c1-5-9-11-12-17-37(44)42-23-25-43(26-24-42)39(45)32-16-14-13-15-31(32)38-33-20-18-29(40-22-10-6-2)27-35(33)46-36-28-30(19-21-34(36)38)41(7-3)8-4/h1,13-16,18-21,27-28,38,40H,6-12,17,22-26H2,2-4H3. The summed E-state index contributed by atoms with van der Waals surface area (Å²) >= 11 is 0. The van der Waals surface area contributed by atoms with Crippen molar-refractivity contribution in [2.45, 2.75) is 65.2 Å². The Hall–Kier alpha value is -4.44. The zero-order valence-electron chi connectivity index (χ0n) is 27.7. The highest BCUT2D eigenvalue weighted by Gasteiger charge is 2.34. The van der Waals surface area contributed by atoms with Crippen LogP contribution >= 0.6 is 0 Å². The number of carbonyl (C=O) groups is 2. The average Bonchev–Trinajstić information content (AvgIpc) is 3.09. The Balaban J connectivity index is 1.44. The van der Waals surface area contributed by atoms with Gasteiger partial charge in [-0.05, 0) is 56.9 Å². The lowest BCUT2D eigenvalue weighted by Gasteiger charge is -2.36. The number of hydrogen-bond donors (Lipinski definition) is 1. The van der Waals surface area contributed by atoms with E-state index in [1.807, 2.05) is 28.0 Å². The number of carbonyl (C=O) groups excluding carboxylic acids is 2. The fourth-order valence-corrected chi connectivity index (χ4v) is 6.57. The van der Waals surface area contributed by atoms with Gasteiger partial charge in [0, 0.05) is 105 Å². The van der Waals surface area contributed by atoms with Crippen molar-refractivity contribution in [2.24, 2.45) is 0 Å². The number of benzene rings is 3. The molecule has 1 saturated heterocycles. The number of nitrogens with zero attached hydrogens (tertiary/aromatic N) is 3. The van der Waals surface area contributed by atoms with Gasteiger partial charge in [-0.2, -0.15) is 0 Å². The van der Waals surface area contributed by atoms with Gasteiger partial charge in [-0.15, -0.1) is 12.3 Å². The minimum absolute atomic E-state index is 0.00363. The van der Waals surface area contributed by atoms with Gasteiger partial charge in [-0.3, -0.25) is 9.59 Å². The molecule has 3 aromatic rings. The van der Waals surface area contributed by atoms with Gasteiger partial charge in [-0.25, -0.2) is 0 Å². The summed E-state index contributed by atoms with van der Waals surface area (Å²) < 4.78 is 6.64. The molecule has 2 aliphatic heterocycles. The van der Waals surface area contributed by atoms with Gasteiger partial charge in [0.1, 0.15) is 11.5 Å². The molecule has 7 heteroatoms. The quantitative estimate of drug-likeness (QED) is 0.124. The number of fused-ring (bicyclic) bond motifs is 2. The van der Waals surface area contributed by atoms with E-state index in [-0.39, 0.29) is 17.7 Å². The maximum atomic E-state index is 14.2. The Morgan fingerprint density at radius 3 is 2.28 bits per heavy atom. The lowest BCUT2D eigenvalue weighted by molar-refractivity contribution is -0.132. The molecule has 1 unspecified atom stereocenters. The number of amides is 2. The maximum absolute atomic E-state index is 14.2. The molecule has 2 amide bonds. The fraction of sp³-hybridized carbons (Fsp3) is 0.436. The number of ether oxygens (including phenoxy) is 1. The van der Waals surface area contributed by atoms with E-state index in [1.165, 1.54) is 0 Å². The predicted molar refractivity (Wildman–Crippen MR) is 187 cm³/mol. The molecule has 0 spiro atoms. The summed E-state index contributed by atoms with van der Waals surface area (Å²) in [5.74, 6) is 4.26. The third-order valence-electron chi connectivity index (χ3n) is 9.22. The van der Waals surface area contributed by atoms with E-state index in [1.54, 1.807) is 0 Å². The highest BCUT2D eigenvalue weighted by Crippen LogP contribution is 2.49. The minimum atomic E-state index is -0.166. The lowest BCUT2D eigenvalue weighted by atomic mass is 9.80. The molecular weight excluding hydrogens is 572 g/mol. The van der Waals surface area contributed by atoms with Crippen molar-refractivity contribution >= 4 is 23.2 Å². The van der Waals surface area contributed by atoms with Crippen LogP contribution in [0.5, 0.6) is 11.5 Å². The molecule has 2 aliphatic rings. The monoisotopic (exact) mass is 620 g/mol. The van der Waals surface area contributed by atoms with Gasteiger partial charge in [-0.1, -0.05) is 43.7 Å². The number of terminal acetylenes is 1. The third kappa shape index (κ3) is 7.33. The largest absolute Gasteiger partial charge is 0.457 e. The van der Waals surface area contributed by atoms with Gasteiger partial charge in [0.25, 0.3) is 5.91 Å². The molecule has 0 radical (unpaired) electrons. The Labute approximate surface area is 274 Å². The Morgan fingerprint density at radius 1 is 0.870 bits per heavy atom. The first-order valence-corrected chi connectivity index (χ1v) is 17.0. The van der Waals surface area contributed by atoms with E-state index in [0.717, 1.165) is 84.9 Å². The summed E-state index contributed by atoms with van der Waals surface area (Å²) in [6, 6.07) is 20.8. The van der Waals surface area contributed by atoms with Gasteiger partial charge < -0.3 is 24.8 Å². The first-order chi connectivity index (χ1) is 22.5. The molecule has 1 N–H and O–H groups in total. The first kappa shape index (κ1) is 32.9. The lowest BCUT2D eigenvalue weighted by Crippen LogP contribution is -2.50. The third-order valence-corrected chi connectivity index (χ3v) is 9.22. The second-order valence-electron chi connectivity index (χ2n) is 12.1. The Morgan fingerprint density at radius 2 is 1.57 bits per heavy atom. The number of nitrogens with one attached hydrogen (secondary N) is 1. The number of piperazine rings is 1. The van der Waals surface area contributed by atoms with Crippen molar-refractivity contribution in [3.05, 3.63) is 82.9 Å². The van der Waals surface area contributed by atoms with Crippen LogP contribution in [-0.2, 0) is 4.79 Å². The number of hydrogen-bond acceptors (Lipinski definition) is 5. The molecule has 0 bridgehead atoms. The van der Waals surface area contributed by atoms with E-state index < -0.39 is 0 Å². The second kappa shape index (κ2) is 15.7. The maximum Gasteiger partial charge on any atom is 0.254 e. The zero-order chi connectivity index (χ0) is 32.5. The molecule has 46 heavy (non-hydrogen) atoms. The highest BCUT2D eigenvalue weighted by molar-refractivity contribution is 5.96. The van der Waals surface area contributed by atoms with E-state index in [9.17, 15) is 9.59 Å². The summed E-state index contributed by atoms with van der Waals surface area (Å²) in [6.45, 7) is 11.4. The Kier molecular flexibility index (Phi) is 11.3. The summed E-state index contributed by atoms with van der Waals surface area (Å²) in [7, 11) is 0. The highest BCUT2D eigenvalue weighted by atomic mass is 16.5. The van der Waals surface area contributed by atoms with Crippen molar-refractivity contribution in [1.29, 1.82) is 0 Å². The Bertz CT molecular complexity index is 1550. The van der Waals surface area contributed by atoms with E-state index >= 15 is 0 Å². The number of unbranched alkanes of at least 4 members (excludes halogenated alkanes) is 3. The molecule has 7 nitrogen and oxygen atoms in total. The molecule has 5 rings (SSSR count). The summed E-state index contributed by atoms with van der Waals surface area (Å²) in [4.78, 5) is 33.0. The molecular formula is C39H48N4O3. The first-order valence-electron chi connectivity index (χ1n) is 17.0. The van der Waals surface area contributed by atoms with Crippen molar-refractivity contribution in [3.8, 4) is 23.8 Å². The van der Waals surface area contributed by atoms with Crippen LogP contribution < -0.4 is 15.0 Å². The molecule has 0 saturated carbocycles. The van der Waals surface area contributed by atoms with E-state index in [2.05, 4.69) is 79.4 Å². The molecule has 3 aromatic carbocycles. The van der Waals surface area contributed by atoms with Crippen molar-refractivity contribution < 1.29 is 14.3 Å². The van der Waals surface area contributed by atoms with Crippen molar-refractivity contribution in [3.63, 3.8) is 0 Å². The van der Waals surface area contributed by atoms with Crippen molar-refractivity contribution in [2.75, 3.05) is 56.0 Å². The molecule has 1 atom stereocenters. The second-order valence-corrected chi connectivity index (χ2v) is 12.1. The minimum Gasteiger partial charge on any atom is -0.457 e. The summed E-state index contributed by atoms with van der Waals surface area (Å²) in [5.41, 5.74) is 5.91. The van der Waals surface area contributed by atoms with Crippen molar-refractivity contribution in [1.82, 2.24) is 9.80 Å². The summed E-state index contributed by atoms with van der Waals surface area (Å²) in [5, 5.41) is 3.54. The normalized spacial score (nSPS) is 15.3. The van der Waals surface area contributed by atoms with Gasteiger partial charge >= 0.3 is 0 Å². The molecule has 1 fully saturated rings. The van der Waals surface area contributed by atoms with Crippen LogP contribution in [0.25, 0.3) is 0 Å². The van der Waals surface area contributed by atoms with Crippen LogP contribution in [0.3, 0.4) is 0 Å². The van der Waals surface area contributed by atoms with Gasteiger partial charge in [0.2, 0.25) is 5.91 Å². The van der Waals surface area contributed by atoms with Gasteiger partial charge in [0.05, 0.1) is 0 Å². The molecule has 2 heterocycles. The van der Waals surface area contributed by atoms with Crippen LogP contribution in [0.4, 0.5) is 11.4 Å². The molecule has 0 aliphatic carbocycles. The fourth-order valence-electron chi connectivity index (χ4n) is 6.57. The predicted octanol–water partition coefficient (Wildman–Crippen LogP) is 7.51. The topological polar surface area (TPSA) is 65.1 Å². The van der Waals surface area contributed by atoms with Crippen LogP contribution in [0.2, 0.25) is 0 Å². The van der Waals surface area contributed by atoms with Gasteiger partial charge in [0.15, 0.2) is 0 Å². The van der Waals surface area contributed by atoms with Crippen LogP contribution in [-0.4, -0.2) is 67.4 Å². The van der Waals surface area contributed by atoms with Crippen LogP contribution in [0.15, 0.2) is 60.7 Å². The van der Waals surface area contributed by atoms with Crippen LogP contribution in [0.1, 0.15) is 92.3 Å². The smallest absolute Gasteiger partial charge is 0.254 e. The number of anilines is 2. The SMILES string of the molecule is C#CCCCCC(=O)N1CCN(C(=O)c2ccccc2C2c3ccc(NCCCC)cc3Oc3cc(N(CC)CC)ccc32)CC1. The average molecular weight is 621 g/mol. The van der Waals surface area contributed by atoms with E-state index in [4.69, 9.17) is 11.2 Å². The van der Waals surface area contributed by atoms with Crippen LogP contribution in [0, 0.1) is 12.3 Å². The van der Waals surface area contributed by atoms with E-state index in [0.29, 0.717) is 44.6 Å². The molecule has 0 aromatic heterocycles. The number of rotatable bonds is 13. The molecule has 242 valence electrons.